The predicted molar refractivity (Wildman–Crippen MR) is 57.6 cm³/mol. The summed E-state index contributed by atoms with van der Waals surface area (Å²) < 4.78 is 0. The van der Waals surface area contributed by atoms with Crippen molar-refractivity contribution < 1.29 is 9.59 Å². The molecule has 5 heteroatoms. The maximum atomic E-state index is 11.8. The van der Waals surface area contributed by atoms with E-state index in [-0.39, 0.29) is 17.6 Å². The first-order valence-corrected chi connectivity index (χ1v) is 5.34. The van der Waals surface area contributed by atoms with E-state index in [1.807, 2.05) is 0 Å². The number of Topliss-reactive ketones (excluding diaryl/α,β-unsaturated/α-hetero) is 1. The van der Waals surface area contributed by atoms with E-state index in [1.54, 1.807) is 12.3 Å². The lowest BCUT2D eigenvalue weighted by Crippen LogP contribution is -2.27. The summed E-state index contributed by atoms with van der Waals surface area (Å²) in [6.45, 7) is 0. The van der Waals surface area contributed by atoms with E-state index in [2.05, 4.69) is 15.3 Å². The highest BCUT2D eigenvalue weighted by Gasteiger charge is 2.24. The average Bonchev–Trinajstić information content (AvgIpc) is 2.31. The zero-order valence-electron chi connectivity index (χ0n) is 8.85. The third-order valence-electron chi connectivity index (χ3n) is 2.75. The normalized spacial score (nSPS) is 17.1. The van der Waals surface area contributed by atoms with Crippen LogP contribution in [0.4, 0.5) is 5.82 Å². The van der Waals surface area contributed by atoms with Crippen molar-refractivity contribution in [3.05, 3.63) is 18.6 Å². The number of carbonyl (C=O) groups excluding carboxylic acids is 2. The number of hydrogen-bond donors (Lipinski definition) is 1. The van der Waals surface area contributed by atoms with Crippen LogP contribution in [-0.4, -0.2) is 21.7 Å². The van der Waals surface area contributed by atoms with Crippen LogP contribution >= 0.6 is 0 Å². The van der Waals surface area contributed by atoms with Gasteiger partial charge in [0.1, 0.15) is 17.9 Å². The van der Waals surface area contributed by atoms with Crippen molar-refractivity contribution in [2.75, 3.05) is 5.32 Å². The highest BCUT2D eigenvalue weighted by molar-refractivity contribution is 5.93. The lowest BCUT2D eigenvalue weighted by Gasteiger charge is -2.19. The van der Waals surface area contributed by atoms with Crippen molar-refractivity contribution in [1.29, 1.82) is 0 Å². The number of anilines is 1. The van der Waals surface area contributed by atoms with Gasteiger partial charge in [0.05, 0.1) is 0 Å². The summed E-state index contributed by atoms with van der Waals surface area (Å²) in [5.41, 5.74) is 0. The van der Waals surface area contributed by atoms with E-state index >= 15 is 0 Å². The van der Waals surface area contributed by atoms with Gasteiger partial charge in [0.15, 0.2) is 0 Å². The SMILES string of the molecule is O=C1CCC(C(=O)Nc2ccncn2)CC1. The van der Waals surface area contributed by atoms with Gasteiger partial charge in [-0.2, -0.15) is 0 Å². The average molecular weight is 219 g/mol. The highest BCUT2D eigenvalue weighted by Crippen LogP contribution is 2.22. The standard InChI is InChI=1S/C11H13N3O2/c15-9-3-1-8(2-4-9)11(16)14-10-5-6-12-7-13-10/h5-8H,1-4H2,(H,12,13,14,16). The fourth-order valence-electron chi connectivity index (χ4n) is 1.79. The number of hydrogen-bond acceptors (Lipinski definition) is 4. The largest absolute Gasteiger partial charge is 0.310 e. The van der Waals surface area contributed by atoms with Crippen LogP contribution in [0, 0.1) is 5.92 Å². The van der Waals surface area contributed by atoms with Crippen molar-refractivity contribution in [3.63, 3.8) is 0 Å². The fourth-order valence-corrected chi connectivity index (χ4v) is 1.79. The number of ketones is 1. The molecule has 1 fully saturated rings. The van der Waals surface area contributed by atoms with Crippen LogP contribution in [0.25, 0.3) is 0 Å². The van der Waals surface area contributed by atoms with Gasteiger partial charge in [-0.25, -0.2) is 9.97 Å². The first-order valence-electron chi connectivity index (χ1n) is 5.34. The molecule has 1 amide bonds. The summed E-state index contributed by atoms with van der Waals surface area (Å²) in [5, 5.41) is 2.73. The summed E-state index contributed by atoms with van der Waals surface area (Å²) in [5.74, 6) is 0.654. The Morgan fingerprint density at radius 1 is 1.38 bits per heavy atom. The molecule has 0 unspecified atom stereocenters. The number of nitrogens with zero attached hydrogens (tertiary/aromatic N) is 2. The molecule has 1 aliphatic carbocycles. The molecule has 1 saturated carbocycles. The third-order valence-corrected chi connectivity index (χ3v) is 2.75. The Balaban J connectivity index is 1.91. The molecule has 0 atom stereocenters. The molecule has 0 bridgehead atoms. The fraction of sp³-hybridized carbons (Fsp3) is 0.455. The Morgan fingerprint density at radius 3 is 2.75 bits per heavy atom. The molecule has 1 aromatic heterocycles. The Hall–Kier alpha value is -1.78. The first-order chi connectivity index (χ1) is 7.75. The van der Waals surface area contributed by atoms with Crippen LogP contribution in [0.5, 0.6) is 0 Å². The smallest absolute Gasteiger partial charge is 0.228 e. The summed E-state index contributed by atoms with van der Waals surface area (Å²) >= 11 is 0. The van der Waals surface area contributed by atoms with Gasteiger partial charge in [-0.05, 0) is 18.9 Å². The summed E-state index contributed by atoms with van der Waals surface area (Å²) in [6, 6.07) is 1.64. The van der Waals surface area contributed by atoms with E-state index in [1.165, 1.54) is 6.33 Å². The maximum Gasteiger partial charge on any atom is 0.228 e. The molecule has 84 valence electrons. The summed E-state index contributed by atoms with van der Waals surface area (Å²) in [4.78, 5) is 30.5. The monoisotopic (exact) mass is 219 g/mol. The van der Waals surface area contributed by atoms with Crippen LogP contribution in [-0.2, 0) is 9.59 Å². The minimum absolute atomic E-state index is 0.0498. The zero-order chi connectivity index (χ0) is 11.4. The van der Waals surface area contributed by atoms with Crippen molar-refractivity contribution in [2.24, 2.45) is 5.92 Å². The maximum absolute atomic E-state index is 11.8. The van der Waals surface area contributed by atoms with E-state index in [9.17, 15) is 9.59 Å². The number of rotatable bonds is 2. The molecule has 1 aliphatic rings. The van der Waals surface area contributed by atoms with E-state index in [0.29, 0.717) is 31.5 Å². The van der Waals surface area contributed by atoms with Gasteiger partial charge in [0, 0.05) is 25.0 Å². The minimum Gasteiger partial charge on any atom is -0.310 e. The molecule has 1 heterocycles. The van der Waals surface area contributed by atoms with Gasteiger partial charge >= 0.3 is 0 Å². The Bertz CT molecular complexity index is 381. The molecule has 0 aliphatic heterocycles. The second-order valence-corrected chi connectivity index (χ2v) is 3.90. The lowest BCUT2D eigenvalue weighted by atomic mass is 9.88. The molecule has 0 radical (unpaired) electrons. The molecule has 16 heavy (non-hydrogen) atoms. The summed E-state index contributed by atoms with van der Waals surface area (Å²) in [6.07, 6.45) is 5.29. The molecule has 5 nitrogen and oxygen atoms in total. The molecule has 0 spiro atoms. The Morgan fingerprint density at radius 2 is 2.12 bits per heavy atom. The van der Waals surface area contributed by atoms with Gasteiger partial charge in [0.25, 0.3) is 0 Å². The number of nitrogens with one attached hydrogen (secondary N) is 1. The Labute approximate surface area is 93.3 Å². The van der Waals surface area contributed by atoms with Gasteiger partial charge in [0.2, 0.25) is 5.91 Å². The van der Waals surface area contributed by atoms with E-state index in [4.69, 9.17) is 0 Å². The van der Waals surface area contributed by atoms with Gasteiger partial charge in [-0.1, -0.05) is 0 Å². The molecular formula is C11H13N3O2. The van der Waals surface area contributed by atoms with Gasteiger partial charge in [-0.3, -0.25) is 9.59 Å². The van der Waals surface area contributed by atoms with Crippen LogP contribution in [0.15, 0.2) is 18.6 Å². The van der Waals surface area contributed by atoms with Crippen molar-refractivity contribution in [1.82, 2.24) is 9.97 Å². The molecule has 0 aromatic carbocycles. The van der Waals surface area contributed by atoms with Gasteiger partial charge < -0.3 is 5.32 Å². The molecular weight excluding hydrogens is 206 g/mol. The van der Waals surface area contributed by atoms with Crippen LogP contribution in [0.1, 0.15) is 25.7 Å². The quantitative estimate of drug-likeness (QED) is 0.810. The summed E-state index contributed by atoms with van der Waals surface area (Å²) in [7, 11) is 0. The second-order valence-electron chi connectivity index (χ2n) is 3.90. The van der Waals surface area contributed by atoms with E-state index in [0.717, 1.165) is 0 Å². The molecule has 1 N–H and O–H groups in total. The molecule has 0 saturated heterocycles. The molecule has 1 aromatic rings. The zero-order valence-corrected chi connectivity index (χ0v) is 8.85. The van der Waals surface area contributed by atoms with Gasteiger partial charge in [-0.15, -0.1) is 0 Å². The number of carbonyl (C=O) groups is 2. The van der Waals surface area contributed by atoms with Crippen LogP contribution in [0.3, 0.4) is 0 Å². The number of aromatic nitrogens is 2. The Kier molecular flexibility index (Phi) is 3.24. The third kappa shape index (κ3) is 2.62. The lowest BCUT2D eigenvalue weighted by molar-refractivity contribution is -0.125. The van der Waals surface area contributed by atoms with Crippen molar-refractivity contribution in [2.45, 2.75) is 25.7 Å². The second kappa shape index (κ2) is 4.83. The van der Waals surface area contributed by atoms with Crippen LogP contribution < -0.4 is 5.32 Å². The van der Waals surface area contributed by atoms with Crippen molar-refractivity contribution >= 4 is 17.5 Å². The van der Waals surface area contributed by atoms with Crippen LogP contribution in [0.2, 0.25) is 0 Å². The molecule has 2 rings (SSSR count). The minimum atomic E-state index is -0.0623. The number of amides is 1. The topological polar surface area (TPSA) is 72.0 Å². The first kappa shape index (κ1) is 10.7. The van der Waals surface area contributed by atoms with E-state index < -0.39 is 0 Å². The predicted octanol–water partition coefficient (Wildman–Crippen LogP) is 1.17. The highest BCUT2D eigenvalue weighted by atomic mass is 16.2. The van der Waals surface area contributed by atoms with Crippen molar-refractivity contribution in [3.8, 4) is 0 Å².